The fourth-order valence-corrected chi connectivity index (χ4v) is 3.76. The number of hydrogen-bond acceptors (Lipinski definition) is 4. The van der Waals surface area contributed by atoms with Crippen LogP contribution in [0, 0.1) is 5.41 Å². The van der Waals surface area contributed by atoms with Gasteiger partial charge in [0.2, 0.25) is 0 Å². The highest BCUT2D eigenvalue weighted by Gasteiger charge is 2.37. The number of ketones is 1. The van der Waals surface area contributed by atoms with Gasteiger partial charge in [-0.3, -0.25) is 9.59 Å². The predicted molar refractivity (Wildman–Crippen MR) is 112 cm³/mol. The van der Waals surface area contributed by atoms with E-state index in [-0.39, 0.29) is 47.7 Å². The van der Waals surface area contributed by atoms with Crippen LogP contribution in [0.5, 0.6) is 5.75 Å². The van der Waals surface area contributed by atoms with Crippen LogP contribution in [0.3, 0.4) is 0 Å². The minimum absolute atomic E-state index is 0.0171. The minimum Gasteiger partial charge on any atom is -0.497 e. The van der Waals surface area contributed by atoms with E-state index >= 15 is 0 Å². The van der Waals surface area contributed by atoms with E-state index in [1.807, 2.05) is 13.8 Å². The van der Waals surface area contributed by atoms with Gasteiger partial charge in [-0.1, -0.05) is 46.5 Å². The summed E-state index contributed by atoms with van der Waals surface area (Å²) in [7, 11) is 1.26. The molecule has 31 heavy (non-hydrogen) atoms. The lowest BCUT2D eigenvalue weighted by atomic mass is 9.75. The Bertz CT molecular complexity index is 838. The first-order valence-corrected chi connectivity index (χ1v) is 10.7. The number of esters is 1. The van der Waals surface area contributed by atoms with Gasteiger partial charge in [0.05, 0.1) is 18.2 Å². The zero-order valence-electron chi connectivity index (χ0n) is 18.7. The van der Waals surface area contributed by atoms with Crippen LogP contribution >= 0.6 is 0 Å². The van der Waals surface area contributed by atoms with Crippen molar-refractivity contribution in [1.29, 1.82) is 0 Å². The van der Waals surface area contributed by atoms with E-state index in [0.717, 1.165) is 37.8 Å². The molecule has 1 aliphatic carbocycles. The number of Topliss-reactive ketones (excluding diaryl/α,β-unsaturated/α-hetero) is 1. The SMILES string of the molecule is CCCCCCCC(=O)OC1=C(c2cc(OC)cc(C(F)(F)F)c2)C(=O)CC(C)(C)C1. The molecule has 7 heteroatoms. The van der Waals surface area contributed by atoms with E-state index in [0.29, 0.717) is 6.42 Å². The van der Waals surface area contributed by atoms with E-state index < -0.39 is 23.1 Å². The second-order valence-corrected chi connectivity index (χ2v) is 8.83. The van der Waals surface area contributed by atoms with E-state index in [1.165, 1.54) is 13.2 Å². The molecule has 2 rings (SSSR count). The van der Waals surface area contributed by atoms with Crippen molar-refractivity contribution < 1.29 is 32.2 Å². The third-order valence-corrected chi connectivity index (χ3v) is 5.32. The first-order valence-electron chi connectivity index (χ1n) is 10.7. The molecule has 4 nitrogen and oxygen atoms in total. The van der Waals surface area contributed by atoms with Gasteiger partial charge in [0.25, 0.3) is 0 Å². The van der Waals surface area contributed by atoms with Crippen molar-refractivity contribution in [2.24, 2.45) is 5.41 Å². The average molecular weight is 441 g/mol. The second-order valence-electron chi connectivity index (χ2n) is 8.83. The van der Waals surface area contributed by atoms with Crippen molar-refractivity contribution in [1.82, 2.24) is 0 Å². The molecule has 1 aliphatic rings. The summed E-state index contributed by atoms with van der Waals surface area (Å²) in [5.74, 6) is -0.686. The maximum absolute atomic E-state index is 13.4. The van der Waals surface area contributed by atoms with Crippen LogP contribution in [-0.4, -0.2) is 18.9 Å². The molecule has 0 fully saturated rings. The topological polar surface area (TPSA) is 52.6 Å². The third kappa shape index (κ3) is 7.11. The Labute approximate surface area is 181 Å². The average Bonchev–Trinajstić information content (AvgIpc) is 2.65. The number of benzene rings is 1. The number of methoxy groups -OCH3 is 1. The molecule has 0 saturated heterocycles. The van der Waals surface area contributed by atoms with Crippen molar-refractivity contribution in [2.75, 3.05) is 7.11 Å². The van der Waals surface area contributed by atoms with Gasteiger partial charge in [0.1, 0.15) is 11.5 Å². The van der Waals surface area contributed by atoms with Crippen LogP contribution < -0.4 is 4.74 Å². The van der Waals surface area contributed by atoms with E-state index in [2.05, 4.69) is 6.92 Å². The van der Waals surface area contributed by atoms with Gasteiger partial charge < -0.3 is 9.47 Å². The summed E-state index contributed by atoms with van der Waals surface area (Å²) in [6.45, 7) is 5.84. The molecule has 0 spiro atoms. The Morgan fingerprint density at radius 1 is 1.06 bits per heavy atom. The van der Waals surface area contributed by atoms with Gasteiger partial charge in [-0.2, -0.15) is 13.2 Å². The highest BCUT2D eigenvalue weighted by molar-refractivity contribution is 6.22. The molecule has 0 N–H and O–H groups in total. The van der Waals surface area contributed by atoms with Crippen molar-refractivity contribution in [3.8, 4) is 5.75 Å². The summed E-state index contributed by atoms with van der Waals surface area (Å²) < 4.78 is 50.7. The van der Waals surface area contributed by atoms with Crippen molar-refractivity contribution in [3.63, 3.8) is 0 Å². The normalized spacial score (nSPS) is 16.4. The minimum atomic E-state index is -4.60. The molecule has 0 heterocycles. The number of unbranched alkanes of at least 4 members (excludes halogenated alkanes) is 4. The first-order chi connectivity index (χ1) is 14.5. The van der Waals surface area contributed by atoms with Crippen molar-refractivity contribution in [2.45, 2.75) is 78.3 Å². The summed E-state index contributed by atoms with van der Waals surface area (Å²) in [5.41, 5.74) is -1.29. The molecule has 0 aliphatic heterocycles. The molecule has 1 aromatic carbocycles. The molecule has 0 amide bonds. The molecule has 0 atom stereocenters. The van der Waals surface area contributed by atoms with E-state index in [1.54, 1.807) is 0 Å². The van der Waals surface area contributed by atoms with Gasteiger partial charge in [-0.25, -0.2) is 0 Å². The molecule has 0 unspecified atom stereocenters. The fourth-order valence-electron chi connectivity index (χ4n) is 3.76. The number of carbonyl (C=O) groups is 2. The summed E-state index contributed by atoms with van der Waals surface area (Å²) in [5, 5.41) is 0. The zero-order chi connectivity index (χ0) is 23.2. The Balaban J connectivity index is 2.38. The van der Waals surface area contributed by atoms with Gasteiger partial charge in [-0.15, -0.1) is 0 Å². The van der Waals surface area contributed by atoms with E-state index in [4.69, 9.17) is 9.47 Å². The molecular weight excluding hydrogens is 409 g/mol. The number of alkyl halides is 3. The summed E-state index contributed by atoms with van der Waals surface area (Å²) in [4.78, 5) is 25.3. The summed E-state index contributed by atoms with van der Waals surface area (Å²) in [6.07, 6.45) is 0.862. The van der Waals surface area contributed by atoms with Crippen LogP contribution in [0.25, 0.3) is 5.57 Å². The molecule has 0 radical (unpaired) electrons. The fraction of sp³-hybridized carbons (Fsp3) is 0.583. The number of allylic oxidation sites excluding steroid dienone is 2. The maximum Gasteiger partial charge on any atom is 0.416 e. The third-order valence-electron chi connectivity index (χ3n) is 5.32. The number of hydrogen-bond donors (Lipinski definition) is 0. The van der Waals surface area contributed by atoms with Crippen LogP contribution in [0.2, 0.25) is 0 Å². The maximum atomic E-state index is 13.4. The highest BCUT2D eigenvalue weighted by Crippen LogP contribution is 2.43. The Kier molecular flexibility index (Phi) is 8.32. The molecule has 0 saturated carbocycles. The molecule has 1 aromatic rings. The standard InChI is InChI=1S/C24H31F3O4/c1-5-6-7-8-9-10-21(29)31-20-15-23(2,3)14-19(28)22(20)16-11-17(24(25,26)27)13-18(12-16)30-4/h11-13H,5-10,14-15H2,1-4H3. The van der Waals surface area contributed by atoms with Crippen molar-refractivity contribution in [3.05, 3.63) is 35.1 Å². The summed E-state index contributed by atoms with van der Waals surface area (Å²) >= 11 is 0. The predicted octanol–water partition coefficient (Wildman–Crippen LogP) is 6.72. The smallest absolute Gasteiger partial charge is 0.416 e. The monoisotopic (exact) mass is 440 g/mol. The van der Waals surface area contributed by atoms with Gasteiger partial charge in [0.15, 0.2) is 5.78 Å². The van der Waals surface area contributed by atoms with Crippen LogP contribution in [0.4, 0.5) is 13.2 Å². The van der Waals surface area contributed by atoms with Crippen molar-refractivity contribution >= 4 is 17.3 Å². The molecule has 172 valence electrons. The number of ether oxygens (including phenoxy) is 2. The first kappa shape index (κ1) is 25.0. The lowest BCUT2D eigenvalue weighted by Gasteiger charge is -2.31. The number of rotatable bonds is 9. The van der Waals surface area contributed by atoms with Crippen LogP contribution in [-0.2, 0) is 20.5 Å². The second kappa shape index (κ2) is 10.3. The van der Waals surface area contributed by atoms with Gasteiger partial charge in [0, 0.05) is 19.3 Å². The summed E-state index contributed by atoms with van der Waals surface area (Å²) in [6, 6.07) is 3.16. The highest BCUT2D eigenvalue weighted by atomic mass is 19.4. The Morgan fingerprint density at radius 3 is 2.35 bits per heavy atom. The van der Waals surface area contributed by atoms with Gasteiger partial charge >= 0.3 is 12.1 Å². The quantitative estimate of drug-likeness (QED) is 0.316. The van der Waals surface area contributed by atoms with E-state index in [9.17, 15) is 22.8 Å². The molecule has 0 aromatic heterocycles. The Morgan fingerprint density at radius 2 is 1.74 bits per heavy atom. The lowest BCUT2D eigenvalue weighted by molar-refractivity contribution is -0.140. The van der Waals surface area contributed by atoms with Gasteiger partial charge in [-0.05, 0) is 35.6 Å². The molecular formula is C24H31F3O4. The molecule has 0 bridgehead atoms. The van der Waals surface area contributed by atoms with Crippen LogP contribution in [0.15, 0.2) is 24.0 Å². The number of carbonyl (C=O) groups excluding carboxylic acids is 2. The zero-order valence-corrected chi connectivity index (χ0v) is 18.7. The Hall–Kier alpha value is -2.31. The largest absolute Gasteiger partial charge is 0.497 e. The number of halogens is 3. The van der Waals surface area contributed by atoms with Crippen LogP contribution in [0.1, 0.15) is 83.3 Å². The lowest BCUT2D eigenvalue weighted by Crippen LogP contribution is -2.27.